The quantitative estimate of drug-likeness (QED) is 0.671. The zero-order valence-corrected chi connectivity index (χ0v) is 7.79. The van der Waals surface area contributed by atoms with E-state index in [0.29, 0.717) is 18.9 Å². The number of carbonyl (C=O) groups excluding carboxylic acids is 1. The summed E-state index contributed by atoms with van der Waals surface area (Å²) in [6, 6.07) is 0. The van der Waals surface area contributed by atoms with Gasteiger partial charge >= 0.3 is 0 Å². The Morgan fingerprint density at radius 1 is 1.75 bits per heavy atom. The minimum atomic E-state index is 0.165. The van der Waals surface area contributed by atoms with Crippen LogP contribution in [0.25, 0.3) is 0 Å². The van der Waals surface area contributed by atoms with Crippen molar-refractivity contribution in [2.24, 2.45) is 11.8 Å². The van der Waals surface area contributed by atoms with Gasteiger partial charge in [0.05, 0.1) is 0 Å². The summed E-state index contributed by atoms with van der Waals surface area (Å²) in [5.74, 6) is 0.936. The highest BCUT2D eigenvalue weighted by Gasteiger charge is 2.26. The number of amides is 1. The molecule has 3 nitrogen and oxygen atoms in total. The average Bonchev–Trinajstić information content (AvgIpc) is 2.30. The SMILES string of the molecule is CC(CO)CN1CC(C)CC1=O. The highest BCUT2D eigenvalue weighted by molar-refractivity contribution is 5.78. The third kappa shape index (κ3) is 2.21. The van der Waals surface area contributed by atoms with Gasteiger partial charge in [-0.3, -0.25) is 4.79 Å². The first-order valence-corrected chi connectivity index (χ1v) is 4.52. The summed E-state index contributed by atoms with van der Waals surface area (Å²) in [5, 5.41) is 8.81. The van der Waals surface area contributed by atoms with Gasteiger partial charge < -0.3 is 10.0 Å². The first-order valence-electron chi connectivity index (χ1n) is 4.52. The van der Waals surface area contributed by atoms with Gasteiger partial charge in [0.25, 0.3) is 0 Å². The summed E-state index contributed by atoms with van der Waals surface area (Å²) in [4.78, 5) is 13.1. The lowest BCUT2D eigenvalue weighted by atomic mass is 10.1. The zero-order valence-electron chi connectivity index (χ0n) is 7.79. The van der Waals surface area contributed by atoms with E-state index >= 15 is 0 Å². The molecule has 0 aromatic heterocycles. The Labute approximate surface area is 73.4 Å². The third-order valence-corrected chi connectivity index (χ3v) is 2.25. The van der Waals surface area contributed by atoms with Crippen molar-refractivity contribution in [3.8, 4) is 0 Å². The summed E-state index contributed by atoms with van der Waals surface area (Å²) < 4.78 is 0. The van der Waals surface area contributed by atoms with Gasteiger partial charge in [-0.15, -0.1) is 0 Å². The number of aliphatic hydroxyl groups is 1. The normalized spacial score (nSPS) is 26.4. The van der Waals surface area contributed by atoms with Crippen molar-refractivity contribution < 1.29 is 9.90 Å². The zero-order chi connectivity index (χ0) is 9.14. The molecule has 1 N–H and O–H groups in total. The molecule has 12 heavy (non-hydrogen) atoms. The fourth-order valence-electron chi connectivity index (χ4n) is 1.58. The van der Waals surface area contributed by atoms with E-state index in [9.17, 15) is 4.79 Å². The van der Waals surface area contributed by atoms with Gasteiger partial charge in [0.2, 0.25) is 5.91 Å². The molecule has 0 bridgehead atoms. The largest absolute Gasteiger partial charge is 0.396 e. The Bertz CT molecular complexity index is 170. The number of rotatable bonds is 3. The molecule has 1 aliphatic rings. The monoisotopic (exact) mass is 171 g/mol. The smallest absolute Gasteiger partial charge is 0.222 e. The fraction of sp³-hybridized carbons (Fsp3) is 0.889. The standard InChI is InChI=1S/C9H17NO2/c1-7-3-9(12)10(4-7)5-8(2)6-11/h7-8,11H,3-6H2,1-2H3. The van der Waals surface area contributed by atoms with Crippen LogP contribution in [0.3, 0.4) is 0 Å². The van der Waals surface area contributed by atoms with Gasteiger partial charge in [0.15, 0.2) is 0 Å². The van der Waals surface area contributed by atoms with E-state index in [0.717, 1.165) is 6.54 Å². The van der Waals surface area contributed by atoms with Crippen LogP contribution in [-0.4, -0.2) is 35.6 Å². The van der Waals surface area contributed by atoms with Gasteiger partial charge in [-0.2, -0.15) is 0 Å². The van der Waals surface area contributed by atoms with Crippen molar-refractivity contribution in [2.75, 3.05) is 19.7 Å². The van der Waals surface area contributed by atoms with Crippen molar-refractivity contribution in [1.82, 2.24) is 4.90 Å². The highest BCUT2D eigenvalue weighted by Crippen LogP contribution is 2.17. The molecule has 1 fully saturated rings. The second kappa shape index (κ2) is 3.90. The predicted octanol–water partition coefficient (Wildman–Crippen LogP) is 0.483. The van der Waals surface area contributed by atoms with Gasteiger partial charge in [-0.1, -0.05) is 13.8 Å². The maximum absolute atomic E-state index is 11.3. The summed E-state index contributed by atoms with van der Waals surface area (Å²) in [6.07, 6.45) is 0.679. The maximum Gasteiger partial charge on any atom is 0.222 e. The molecule has 0 aromatic rings. The van der Waals surface area contributed by atoms with Crippen LogP contribution in [0.1, 0.15) is 20.3 Å². The minimum absolute atomic E-state index is 0.165. The topological polar surface area (TPSA) is 40.5 Å². The van der Waals surface area contributed by atoms with Crippen LogP contribution in [0, 0.1) is 11.8 Å². The lowest BCUT2D eigenvalue weighted by Crippen LogP contribution is -2.31. The molecule has 0 radical (unpaired) electrons. The van der Waals surface area contributed by atoms with E-state index in [4.69, 9.17) is 5.11 Å². The Hall–Kier alpha value is -0.570. The average molecular weight is 171 g/mol. The number of aliphatic hydroxyl groups excluding tert-OH is 1. The molecule has 0 aromatic carbocycles. The molecule has 3 heteroatoms. The molecule has 1 aliphatic heterocycles. The van der Waals surface area contributed by atoms with Crippen LogP contribution in [0.15, 0.2) is 0 Å². The lowest BCUT2D eigenvalue weighted by molar-refractivity contribution is -0.128. The van der Waals surface area contributed by atoms with E-state index in [1.54, 1.807) is 0 Å². The Kier molecular flexibility index (Phi) is 3.09. The van der Waals surface area contributed by atoms with Crippen LogP contribution >= 0.6 is 0 Å². The van der Waals surface area contributed by atoms with Gasteiger partial charge in [-0.05, 0) is 11.8 Å². The summed E-state index contributed by atoms with van der Waals surface area (Å²) >= 11 is 0. The predicted molar refractivity (Wildman–Crippen MR) is 46.6 cm³/mol. The van der Waals surface area contributed by atoms with Crippen LogP contribution in [0.4, 0.5) is 0 Å². The van der Waals surface area contributed by atoms with Gasteiger partial charge in [0, 0.05) is 26.1 Å². The van der Waals surface area contributed by atoms with Gasteiger partial charge in [0.1, 0.15) is 0 Å². The number of hydrogen-bond donors (Lipinski definition) is 1. The van der Waals surface area contributed by atoms with E-state index < -0.39 is 0 Å². The molecule has 70 valence electrons. The fourth-order valence-corrected chi connectivity index (χ4v) is 1.58. The molecule has 0 spiro atoms. The molecule has 1 saturated heterocycles. The van der Waals surface area contributed by atoms with E-state index in [1.165, 1.54) is 0 Å². The van der Waals surface area contributed by atoms with Crippen molar-refractivity contribution in [3.63, 3.8) is 0 Å². The first kappa shape index (κ1) is 9.52. The van der Waals surface area contributed by atoms with Crippen molar-refractivity contribution in [1.29, 1.82) is 0 Å². The number of nitrogens with zero attached hydrogens (tertiary/aromatic N) is 1. The van der Waals surface area contributed by atoms with E-state index in [-0.39, 0.29) is 18.4 Å². The van der Waals surface area contributed by atoms with Crippen LogP contribution < -0.4 is 0 Å². The Balaban J connectivity index is 2.37. The molecule has 0 saturated carbocycles. The van der Waals surface area contributed by atoms with Gasteiger partial charge in [-0.25, -0.2) is 0 Å². The summed E-state index contributed by atoms with van der Waals surface area (Å²) in [6.45, 7) is 5.78. The van der Waals surface area contributed by atoms with Crippen molar-refractivity contribution >= 4 is 5.91 Å². The van der Waals surface area contributed by atoms with Crippen molar-refractivity contribution in [3.05, 3.63) is 0 Å². The van der Waals surface area contributed by atoms with E-state index in [1.807, 2.05) is 11.8 Å². The Morgan fingerprint density at radius 2 is 2.42 bits per heavy atom. The number of likely N-dealkylation sites (tertiary alicyclic amines) is 1. The first-order chi connectivity index (χ1) is 5.63. The molecule has 1 heterocycles. The maximum atomic E-state index is 11.3. The molecule has 0 aliphatic carbocycles. The Morgan fingerprint density at radius 3 is 2.83 bits per heavy atom. The third-order valence-electron chi connectivity index (χ3n) is 2.25. The minimum Gasteiger partial charge on any atom is -0.396 e. The highest BCUT2D eigenvalue weighted by atomic mass is 16.3. The second-order valence-electron chi connectivity index (χ2n) is 3.90. The molecular formula is C9H17NO2. The van der Waals surface area contributed by atoms with Crippen LogP contribution in [0.5, 0.6) is 0 Å². The van der Waals surface area contributed by atoms with Crippen molar-refractivity contribution in [2.45, 2.75) is 20.3 Å². The molecule has 2 unspecified atom stereocenters. The molecule has 1 amide bonds. The second-order valence-corrected chi connectivity index (χ2v) is 3.90. The van der Waals surface area contributed by atoms with E-state index in [2.05, 4.69) is 6.92 Å². The van der Waals surface area contributed by atoms with Crippen LogP contribution in [0.2, 0.25) is 0 Å². The molecular weight excluding hydrogens is 154 g/mol. The molecule has 1 rings (SSSR count). The van der Waals surface area contributed by atoms with Crippen LogP contribution in [-0.2, 0) is 4.79 Å². The molecule has 2 atom stereocenters. The number of hydrogen-bond acceptors (Lipinski definition) is 2. The number of carbonyl (C=O) groups is 1. The summed E-state index contributed by atoms with van der Waals surface area (Å²) in [7, 11) is 0. The summed E-state index contributed by atoms with van der Waals surface area (Å²) in [5.41, 5.74) is 0. The lowest BCUT2D eigenvalue weighted by Gasteiger charge is -2.19.